The van der Waals surface area contributed by atoms with Crippen molar-refractivity contribution in [1.82, 2.24) is 15.5 Å². The number of aliphatic hydroxyl groups excluding tert-OH is 1. The minimum atomic E-state index is -0.738. The van der Waals surface area contributed by atoms with Crippen LogP contribution in [0.1, 0.15) is 48.5 Å². The second-order valence-corrected chi connectivity index (χ2v) is 9.98. The van der Waals surface area contributed by atoms with Gasteiger partial charge >= 0.3 is 0 Å². The molecule has 3 aromatic rings. The van der Waals surface area contributed by atoms with E-state index in [1.165, 1.54) is 22.5 Å². The molecule has 0 spiro atoms. The maximum Gasteiger partial charge on any atom is 0.265 e. The average molecular weight is 492 g/mol. The van der Waals surface area contributed by atoms with Crippen molar-refractivity contribution in [2.75, 3.05) is 13.2 Å². The van der Waals surface area contributed by atoms with Crippen LogP contribution in [-0.2, 0) is 26.1 Å². The quantitative estimate of drug-likeness (QED) is 0.451. The van der Waals surface area contributed by atoms with Gasteiger partial charge in [-0.2, -0.15) is 0 Å². The number of aliphatic hydroxyl groups is 1. The molecule has 1 aromatic heterocycles. The smallest absolute Gasteiger partial charge is 0.265 e. The summed E-state index contributed by atoms with van der Waals surface area (Å²) in [5, 5.41) is 16.9. The topological polar surface area (TPSA) is 90.9 Å². The standard InChI is InChI=1S/C27H29N3O4S/c1-2-34-24-23-22(16-30(27(23)33)15-17-8-4-3-5-9-17)35-25(24)26(32)29-14-21(31)20-12-18-10-6-7-11-19(18)13-28-20/h3-11,20-21,28,31H,2,12-16H2,1H3,(H,29,32)/t20-,21+/m0/s1. The molecule has 0 saturated heterocycles. The zero-order valence-corrected chi connectivity index (χ0v) is 20.4. The van der Waals surface area contributed by atoms with E-state index in [-0.39, 0.29) is 24.4 Å². The number of rotatable bonds is 8. The number of amides is 2. The summed E-state index contributed by atoms with van der Waals surface area (Å²) in [6.07, 6.45) is -0.0335. The van der Waals surface area contributed by atoms with Crippen molar-refractivity contribution in [2.45, 2.75) is 45.1 Å². The van der Waals surface area contributed by atoms with E-state index in [1.807, 2.05) is 49.4 Å². The van der Waals surface area contributed by atoms with Crippen LogP contribution in [0.5, 0.6) is 5.75 Å². The Balaban J connectivity index is 1.25. The maximum atomic E-state index is 13.2. The van der Waals surface area contributed by atoms with Crippen LogP contribution in [-0.4, -0.2) is 47.1 Å². The van der Waals surface area contributed by atoms with Crippen molar-refractivity contribution >= 4 is 23.2 Å². The number of nitrogens with zero attached hydrogens (tertiary/aromatic N) is 1. The molecule has 0 bridgehead atoms. The van der Waals surface area contributed by atoms with Crippen molar-refractivity contribution in [1.29, 1.82) is 0 Å². The van der Waals surface area contributed by atoms with E-state index >= 15 is 0 Å². The van der Waals surface area contributed by atoms with Crippen LogP contribution >= 0.6 is 11.3 Å². The lowest BCUT2D eigenvalue weighted by Gasteiger charge is -2.30. The predicted molar refractivity (Wildman–Crippen MR) is 135 cm³/mol. The first kappa shape index (κ1) is 23.5. The molecule has 182 valence electrons. The summed E-state index contributed by atoms with van der Waals surface area (Å²) in [4.78, 5) is 29.3. The molecule has 35 heavy (non-hydrogen) atoms. The Hall–Kier alpha value is -3.20. The van der Waals surface area contributed by atoms with Gasteiger partial charge in [-0.15, -0.1) is 11.3 Å². The lowest BCUT2D eigenvalue weighted by Crippen LogP contribution is -2.49. The van der Waals surface area contributed by atoms with Crippen molar-refractivity contribution in [2.24, 2.45) is 0 Å². The molecule has 2 aromatic carbocycles. The van der Waals surface area contributed by atoms with Gasteiger partial charge in [0.2, 0.25) is 0 Å². The number of fused-ring (bicyclic) bond motifs is 2. The molecule has 8 heteroatoms. The molecule has 2 aliphatic rings. The van der Waals surface area contributed by atoms with E-state index in [0.717, 1.165) is 10.4 Å². The van der Waals surface area contributed by atoms with Gasteiger partial charge in [0.05, 0.1) is 24.8 Å². The maximum absolute atomic E-state index is 13.2. The molecule has 2 atom stereocenters. The fraction of sp³-hybridized carbons (Fsp3) is 0.333. The van der Waals surface area contributed by atoms with E-state index in [9.17, 15) is 14.7 Å². The Kier molecular flexibility index (Phi) is 6.86. The van der Waals surface area contributed by atoms with Crippen LogP contribution < -0.4 is 15.4 Å². The second kappa shape index (κ2) is 10.2. The molecule has 0 aliphatic carbocycles. The molecule has 0 saturated carbocycles. The number of thiophene rings is 1. The third-order valence-corrected chi connectivity index (χ3v) is 7.69. The second-order valence-electron chi connectivity index (χ2n) is 8.88. The van der Waals surface area contributed by atoms with Gasteiger partial charge in [-0.25, -0.2) is 0 Å². The fourth-order valence-electron chi connectivity index (χ4n) is 4.73. The van der Waals surface area contributed by atoms with Gasteiger partial charge in [0.15, 0.2) is 5.75 Å². The summed E-state index contributed by atoms with van der Waals surface area (Å²) in [5.74, 6) is -0.0944. The van der Waals surface area contributed by atoms with Gasteiger partial charge in [-0.1, -0.05) is 54.6 Å². The summed E-state index contributed by atoms with van der Waals surface area (Å²) < 4.78 is 5.80. The van der Waals surface area contributed by atoms with E-state index in [0.29, 0.717) is 48.9 Å². The molecule has 5 rings (SSSR count). The molecule has 0 radical (unpaired) electrons. The van der Waals surface area contributed by atoms with E-state index < -0.39 is 6.10 Å². The summed E-state index contributed by atoms with van der Waals surface area (Å²) in [6, 6.07) is 17.9. The van der Waals surface area contributed by atoms with Gasteiger partial charge in [0, 0.05) is 30.6 Å². The Labute approximate surface area is 208 Å². The van der Waals surface area contributed by atoms with Gasteiger partial charge in [-0.3, -0.25) is 9.59 Å². The molecular weight excluding hydrogens is 462 g/mol. The molecule has 0 unspecified atom stereocenters. The van der Waals surface area contributed by atoms with E-state index in [4.69, 9.17) is 4.74 Å². The van der Waals surface area contributed by atoms with Crippen LogP contribution in [0, 0.1) is 0 Å². The monoisotopic (exact) mass is 491 g/mol. The lowest BCUT2D eigenvalue weighted by molar-refractivity contribution is 0.0763. The van der Waals surface area contributed by atoms with Crippen molar-refractivity contribution in [3.05, 3.63) is 86.6 Å². The average Bonchev–Trinajstić information content (AvgIpc) is 3.39. The molecule has 7 nitrogen and oxygen atoms in total. The number of hydrogen-bond donors (Lipinski definition) is 3. The van der Waals surface area contributed by atoms with Crippen molar-refractivity contribution in [3.63, 3.8) is 0 Å². The zero-order chi connectivity index (χ0) is 24.4. The van der Waals surface area contributed by atoms with Crippen LogP contribution in [0.2, 0.25) is 0 Å². The number of benzene rings is 2. The predicted octanol–water partition coefficient (Wildman–Crippen LogP) is 3.11. The number of hydrogen-bond acceptors (Lipinski definition) is 6. The Morgan fingerprint density at radius 3 is 2.71 bits per heavy atom. The van der Waals surface area contributed by atoms with Crippen molar-refractivity contribution in [3.8, 4) is 5.75 Å². The highest BCUT2D eigenvalue weighted by molar-refractivity contribution is 7.15. The Morgan fingerprint density at radius 2 is 1.94 bits per heavy atom. The van der Waals surface area contributed by atoms with Crippen LogP contribution in [0.25, 0.3) is 0 Å². The fourth-order valence-corrected chi connectivity index (χ4v) is 5.89. The Bertz CT molecular complexity index is 1230. The summed E-state index contributed by atoms with van der Waals surface area (Å²) in [6.45, 7) is 3.96. The first-order valence-corrected chi connectivity index (χ1v) is 12.7. The van der Waals surface area contributed by atoms with Crippen molar-refractivity contribution < 1.29 is 19.4 Å². The molecule has 0 fully saturated rings. The van der Waals surface area contributed by atoms with E-state index in [1.54, 1.807) is 4.90 Å². The minimum absolute atomic E-state index is 0.112. The Morgan fingerprint density at radius 1 is 1.20 bits per heavy atom. The first-order valence-electron chi connectivity index (χ1n) is 11.9. The third-order valence-electron chi connectivity index (χ3n) is 6.53. The molecule has 3 heterocycles. The highest BCUT2D eigenvalue weighted by Crippen LogP contribution is 2.41. The van der Waals surface area contributed by atoms with E-state index in [2.05, 4.69) is 22.8 Å². The van der Waals surface area contributed by atoms with Gasteiger partial charge in [-0.05, 0) is 30.0 Å². The largest absolute Gasteiger partial charge is 0.491 e. The first-order chi connectivity index (χ1) is 17.0. The van der Waals surface area contributed by atoms with Crippen LogP contribution in [0.15, 0.2) is 54.6 Å². The van der Waals surface area contributed by atoms with Gasteiger partial charge in [0.25, 0.3) is 11.8 Å². The summed E-state index contributed by atoms with van der Waals surface area (Å²) in [7, 11) is 0. The third kappa shape index (κ3) is 4.82. The van der Waals surface area contributed by atoms with Gasteiger partial charge in [0.1, 0.15) is 4.88 Å². The number of nitrogens with one attached hydrogen (secondary N) is 2. The number of carbonyl (C=O) groups excluding carboxylic acids is 2. The molecule has 2 amide bonds. The summed E-state index contributed by atoms with van der Waals surface area (Å²) in [5.41, 5.74) is 4.00. The zero-order valence-electron chi connectivity index (χ0n) is 19.6. The molecule has 2 aliphatic heterocycles. The molecule has 3 N–H and O–H groups in total. The number of carbonyl (C=O) groups is 2. The number of ether oxygens (including phenoxy) is 1. The summed E-state index contributed by atoms with van der Waals surface area (Å²) >= 11 is 1.30. The van der Waals surface area contributed by atoms with Crippen LogP contribution in [0.3, 0.4) is 0 Å². The normalized spacial score (nSPS) is 17.6. The SMILES string of the molecule is CCOc1c(C(=O)NC[C@@H](O)[C@@H]2Cc3ccccc3CN2)sc2c1C(=O)N(Cc1ccccc1)C2. The lowest BCUT2D eigenvalue weighted by atomic mass is 9.93. The highest BCUT2D eigenvalue weighted by Gasteiger charge is 2.37. The highest BCUT2D eigenvalue weighted by atomic mass is 32.1. The molecular formula is C27H29N3O4S. The minimum Gasteiger partial charge on any atom is -0.491 e. The van der Waals surface area contributed by atoms with Gasteiger partial charge < -0.3 is 25.4 Å². The van der Waals surface area contributed by atoms with Crippen LogP contribution in [0.4, 0.5) is 0 Å².